The van der Waals surface area contributed by atoms with Gasteiger partial charge < -0.3 is 29.3 Å². The summed E-state index contributed by atoms with van der Waals surface area (Å²) in [7, 11) is 0. The van der Waals surface area contributed by atoms with Crippen molar-refractivity contribution in [3.63, 3.8) is 0 Å². The van der Waals surface area contributed by atoms with Gasteiger partial charge in [0.2, 0.25) is 5.60 Å². The molecule has 3 aromatic carbocycles. The minimum atomic E-state index is -2.70. The molecule has 1 saturated heterocycles. The Morgan fingerprint density at radius 2 is 1.39 bits per heavy atom. The number of hydrogen-bond acceptors (Lipinski definition) is 8. The predicted octanol–water partition coefficient (Wildman–Crippen LogP) is 6.00. The first kappa shape index (κ1) is 34.9. The zero-order valence-electron chi connectivity index (χ0n) is 26.3. The SMILES string of the molecule is CCN(CC)CCCCCCOc1ccc(C2(c3ccccc3)OC(=O)CC(O)(CC(=O)O)C(=O)OC2(Cl)c2ccccc2)cc1. The van der Waals surface area contributed by atoms with Crippen molar-refractivity contribution in [1.82, 2.24) is 4.90 Å². The van der Waals surface area contributed by atoms with Crippen molar-refractivity contribution in [3.8, 4) is 5.75 Å². The lowest BCUT2D eigenvalue weighted by atomic mass is 9.77. The number of rotatable bonds is 15. The van der Waals surface area contributed by atoms with Gasteiger partial charge in [-0.05, 0) is 44.6 Å². The van der Waals surface area contributed by atoms with E-state index >= 15 is 0 Å². The summed E-state index contributed by atoms with van der Waals surface area (Å²) in [6.45, 7) is 8.11. The van der Waals surface area contributed by atoms with Crippen LogP contribution in [-0.4, -0.2) is 64.9 Å². The van der Waals surface area contributed by atoms with Crippen LogP contribution in [0.1, 0.15) is 69.1 Å². The quantitative estimate of drug-likeness (QED) is 0.116. The highest BCUT2D eigenvalue weighted by atomic mass is 35.5. The van der Waals surface area contributed by atoms with Crippen LogP contribution in [0.5, 0.6) is 5.75 Å². The number of carboxylic acid groups (broad SMARTS) is 1. The molecule has 0 spiro atoms. The van der Waals surface area contributed by atoms with Crippen LogP contribution in [0.3, 0.4) is 0 Å². The minimum absolute atomic E-state index is 0.238. The number of ether oxygens (including phenoxy) is 3. The zero-order chi connectivity index (χ0) is 33.2. The summed E-state index contributed by atoms with van der Waals surface area (Å²) < 4.78 is 18.2. The molecule has 3 aromatic rings. The van der Waals surface area contributed by atoms with Gasteiger partial charge in [-0.2, -0.15) is 0 Å². The van der Waals surface area contributed by atoms with Gasteiger partial charge in [0.15, 0.2) is 5.60 Å². The Morgan fingerprint density at radius 3 is 1.98 bits per heavy atom. The van der Waals surface area contributed by atoms with Gasteiger partial charge in [-0.25, -0.2) is 4.79 Å². The van der Waals surface area contributed by atoms with Gasteiger partial charge in [0, 0.05) is 16.7 Å². The summed E-state index contributed by atoms with van der Waals surface area (Å²) in [6.07, 6.45) is 2.20. The van der Waals surface area contributed by atoms with E-state index in [1.165, 1.54) is 0 Å². The van der Waals surface area contributed by atoms with E-state index in [1.807, 2.05) is 0 Å². The molecular weight excluding hydrogens is 610 g/mol. The third-order valence-electron chi connectivity index (χ3n) is 8.33. The van der Waals surface area contributed by atoms with Gasteiger partial charge in [0.1, 0.15) is 5.75 Å². The van der Waals surface area contributed by atoms with Crippen molar-refractivity contribution in [2.24, 2.45) is 0 Å². The number of benzene rings is 3. The average Bonchev–Trinajstić information content (AvgIpc) is 3.05. The average molecular weight is 652 g/mol. The maximum atomic E-state index is 13.6. The molecule has 1 heterocycles. The number of halogens is 1. The van der Waals surface area contributed by atoms with Gasteiger partial charge >= 0.3 is 17.9 Å². The molecule has 0 radical (unpaired) electrons. The molecule has 3 unspecified atom stereocenters. The summed E-state index contributed by atoms with van der Waals surface area (Å²) in [6, 6.07) is 23.8. The van der Waals surface area contributed by atoms with E-state index in [4.69, 9.17) is 25.8 Å². The van der Waals surface area contributed by atoms with Crippen LogP contribution < -0.4 is 4.74 Å². The van der Waals surface area contributed by atoms with Gasteiger partial charge in [-0.3, -0.25) is 9.59 Å². The molecule has 3 atom stereocenters. The largest absolute Gasteiger partial charge is 0.494 e. The molecule has 46 heavy (non-hydrogen) atoms. The molecule has 2 N–H and O–H groups in total. The van der Waals surface area contributed by atoms with Crippen molar-refractivity contribution in [3.05, 3.63) is 102 Å². The first-order chi connectivity index (χ1) is 22.1. The Balaban J connectivity index is 1.68. The van der Waals surface area contributed by atoms with Crippen LogP contribution in [0.2, 0.25) is 0 Å². The lowest BCUT2D eigenvalue weighted by molar-refractivity contribution is -0.219. The van der Waals surface area contributed by atoms with Crippen LogP contribution >= 0.6 is 11.6 Å². The Kier molecular flexibility index (Phi) is 11.8. The number of carbonyl (C=O) groups excluding carboxylic acids is 2. The zero-order valence-corrected chi connectivity index (χ0v) is 27.1. The van der Waals surface area contributed by atoms with Crippen molar-refractivity contribution >= 4 is 29.5 Å². The van der Waals surface area contributed by atoms with E-state index < -0.39 is 47.0 Å². The van der Waals surface area contributed by atoms with Crippen molar-refractivity contribution in [2.45, 2.75) is 68.6 Å². The first-order valence-electron chi connectivity index (χ1n) is 15.7. The van der Waals surface area contributed by atoms with Crippen LogP contribution in [0, 0.1) is 0 Å². The number of carboxylic acids is 1. The van der Waals surface area contributed by atoms with Crippen LogP contribution in [0.4, 0.5) is 0 Å². The molecule has 0 aliphatic carbocycles. The van der Waals surface area contributed by atoms with E-state index in [9.17, 15) is 24.6 Å². The summed E-state index contributed by atoms with van der Waals surface area (Å²) in [5, 5.41) is 18.2. The maximum Gasteiger partial charge on any atom is 0.341 e. The van der Waals surface area contributed by atoms with E-state index in [-0.39, 0.29) is 5.56 Å². The summed E-state index contributed by atoms with van der Waals surface area (Å²) in [5.41, 5.74) is -3.67. The van der Waals surface area contributed by atoms with E-state index in [1.54, 1.807) is 84.9 Å². The number of carbonyl (C=O) groups is 3. The molecule has 0 saturated carbocycles. The topological polar surface area (TPSA) is 123 Å². The van der Waals surface area contributed by atoms with Crippen LogP contribution in [0.25, 0.3) is 0 Å². The Hall–Kier alpha value is -3.92. The minimum Gasteiger partial charge on any atom is -0.494 e. The van der Waals surface area contributed by atoms with E-state index in [0.717, 1.165) is 45.3 Å². The van der Waals surface area contributed by atoms with E-state index in [2.05, 4.69) is 18.7 Å². The van der Waals surface area contributed by atoms with Crippen molar-refractivity contribution < 1.29 is 38.8 Å². The molecule has 1 fully saturated rings. The Bertz CT molecular complexity index is 1450. The normalized spacial score (nSPS) is 23.2. The highest BCUT2D eigenvalue weighted by Crippen LogP contribution is 2.55. The highest BCUT2D eigenvalue weighted by Gasteiger charge is 2.64. The molecule has 1 aliphatic rings. The number of unbranched alkanes of at least 4 members (excludes halogenated alkanes) is 3. The second-order valence-electron chi connectivity index (χ2n) is 11.5. The lowest BCUT2D eigenvalue weighted by Gasteiger charge is -2.48. The summed E-state index contributed by atoms with van der Waals surface area (Å²) in [4.78, 5) is 41.2. The van der Waals surface area contributed by atoms with Gasteiger partial charge in [0.05, 0.1) is 19.4 Å². The Morgan fingerprint density at radius 1 is 0.826 bits per heavy atom. The third-order valence-corrected chi connectivity index (χ3v) is 8.89. The number of alkyl halides is 1. The Labute approximate surface area is 275 Å². The molecule has 0 bridgehead atoms. The lowest BCUT2D eigenvalue weighted by Crippen LogP contribution is -2.58. The molecule has 246 valence electrons. The van der Waals surface area contributed by atoms with Crippen molar-refractivity contribution in [2.75, 3.05) is 26.2 Å². The standard InChI is InChI=1S/C36H42ClNO8/c1-3-38(4-2)23-13-5-6-14-24-44-30-21-19-28(20-22-30)35(27-15-9-7-10-16-27)36(37,29-17-11-8-12-18-29)46-33(42)34(43,25-31(39)40)26-32(41)45-35/h7-12,15-22,43H,3-6,13-14,23-26H2,1-2H3,(H,39,40). The second-order valence-corrected chi connectivity index (χ2v) is 12.0. The second kappa shape index (κ2) is 15.6. The number of cyclic esters (lactones) is 2. The third kappa shape index (κ3) is 7.71. The fraction of sp³-hybridized carbons (Fsp3) is 0.417. The monoisotopic (exact) mass is 651 g/mol. The molecule has 10 heteroatoms. The number of esters is 2. The molecule has 0 aromatic heterocycles. The number of aliphatic hydroxyl groups is 1. The smallest absolute Gasteiger partial charge is 0.341 e. The maximum absolute atomic E-state index is 13.6. The number of nitrogens with zero attached hydrogens (tertiary/aromatic N) is 1. The fourth-order valence-corrected chi connectivity index (χ4v) is 6.27. The van der Waals surface area contributed by atoms with Gasteiger partial charge in [-0.15, -0.1) is 0 Å². The predicted molar refractivity (Wildman–Crippen MR) is 173 cm³/mol. The fourth-order valence-electron chi connectivity index (χ4n) is 5.81. The first-order valence-corrected chi connectivity index (χ1v) is 16.1. The van der Waals surface area contributed by atoms with Gasteiger partial charge in [-0.1, -0.05) is 111 Å². The van der Waals surface area contributed by atoms with Gasteiger partial charge in [0.25, 0.3) is 5.06 Å². The molecule has 9 nitrogen and oxygen atoms in total. The molecular formula is C36H42ClNO8. The summed E-state index contributed by atoms with van der Waals surface area (Å²) >= 11 is 7.40. The van der Waals surface area contributed by atoms with Crippen molar-refractivity contribution in [1.29, 1.82) is 0 Å². The number of hydrogen-bond donors (Lipinski definition) is 2. The van der Waals surface area contributed by atoms with E-state index in [0.29, 0.717) is 23.5 Å². The molecule has 0 amide bonds. The summed E-state index contributed by atoms with van der Waals surface area (Å²) in [5.74, 6) is -3.30. The van der Waals surface area contributed by atoms with Crippen LogP contribution in [-0.2, 0) is 34.5 Å². The highest BCUT2D eigenvalue weighted by molar-refractivity contribution is 6.25. The molecule has 1 aliphatic heterocycles. The van der Waals surface area contributed by atoms with Crippen LogP contribution in [0.15, 0.2) is 84.9 Å². The molecule has 4 rings (SSSR count). The number of aliphatic carboxylic acids is 1.